The van der Waals surface area contributed by atoms with Crippen LogP contribution in [0.5, 0.6) is 0 Å². The smallest absolute Gasteiger partial charge is 0.726 e. The number of rotatable bonds is 27. The Hall–Kier alpha value is -0.230. The van der Waals surface area contributed by atoms with E-state index in [-0.39, 0.29) is 48.6 Å². The average molecular weight is 632 g/mol. The van der Waals surface area contributed by atoms with Crippen LogP contribution in [0.4, 0.5) is 0 Å². The summed E-state index contributed by atoms with van der Waals surface area (Å²) >= 11 is 0. The molecule has 0 aromatic rings. The Morgan fingerprint density at radius 1 is 0.690 bits per heavy atom. The van der Waals surface area contributed by atoms with Crippen LogP contribution in [0.15, 0.2) is 0 Å². The normalized spacial score (nSPS) is 12.1. The van der Waals surface area contributed by atoms with E-state index in [2.05, 4.69) is 18.0 Å². The maximum absolute atomic E-state index is 11.9. The van der Waals surface area contributed by atoms with Gasteiger partial charge < -0.3 is 23.7 Å². The molecule has 0 aromatic carbocycles. The Kier molecular flexibility index (Phi) is 33.9. The van der Waals surface area contributed by atoms with Gasteiger partial charge in [0.2, 0.25) is 10.4 Å². The van der Waals surface area contributed by atoms with E-state index in [1.165, 1.54) is 83.5 Å². The number of ether oxygens (including phenoxy) is 1. The van der Waals surface area contributed by atoms with Gasteiger partial charge in [-0.3, -0.25) is 8.98 Å². The predicted octanol–water partition coefficient (Wildman–Crippen LogP) is 3.05. The Morgan fingerprint density at radius 3 is 1.43 bits per heavy atom. The summed E-state index contributed by atoms with van der Waals surface area (Å²) in [4.78, 5) is 22.7. The number of nitrogens with zero attached hydrogens (tertiary/aromatic N) is 1. The summed E-state index contributed by atoms with van der Waals surface area (Å²) in [6.45, 7) is 4.93. The Balaban J connectivity index is -0.000000748. The Labute approximate surface area is 280 Å². The topological polar surface area (TPSA) is 133 Å². The third-order valence-corrected chi connectivity index (χ3v) is 7.11. The van der Waals surface area contributed by atoms with Gasteiger partial charge in [0.1, 0.15) is 6.54 Å². The first-order valence-corrected chi connectivity index (χ1v) is 17.4. The van der Waals surface area contributed by atoms with Crippen LogP contribution in [0.2, 0.25) is 0 Å². The molecule has 0 heterocycles. The third kappa shape index (κ3) is 41.9. The fourth-order valence-electron chi connectivity index (χ4n) is 4.52. The van der Waals surface area contributed by atoms with Gasteiger partial charge in [0, 0.05) is 18.8 Å². The van der Waals surface area contributed by atoms with Crippen molar-refractivity contribution < 1.29 is 70.6 Å². The first-order valence-electron chi connectivity index (χ1n) is 16.1. The molecule has 9 nitrogen and oxygen atoms in total. The third-order valence-electron chi connectivity index (χ3n) is 6.65. The van der Waals surface area contributed by atoms with E-state index in [1.54, 1.807) is 0 Å². The molecule has 0 amide bonds. The summed E-state index contributed by atoms with van der Waals surface area (Å²) in [5.41, 5.74) is 0. The number of aliphatic carboxylic acids is 1. The number of unbranched alkanes of at least 4 members (excludes halogenated alkanes) is 17. The zero-order chi connectivity index (χ0) is 31.4. The van der Waals surface area contributed by atoms with Crippen molar-refractivity contribution >= 4 is 22.3 Å². The molecule has 1 atom stereocenters. The second-order valence-corrected chi connectivity index (χ2v) is 13.2. The quantitative estimate of drug-likeness (QED) is 0.0338. The average Bonchev–Trinajstić information content (AvgIpc) is 2.84. The first kappa shape index (κ1) is 46.2. The van der Waals surface area contributed by atoms with E-state index < -0.39 is 22.5 Å². The van der Waals surface area contributed by atoms with Gasteiger partial charge in [0.05, 0.1) is 27.7 Å². The molecule has 0 saturated heterocycles. The molecule has 0 bridgehead atoms. The zero-order valence-electron chi connectivity index (χ0n) is 28.0. The summed E-state index contributed by atoms with van der Waals surface area (Å²) in [6, 6.07) is 0. The molecule has 11 heteroatoms. The van der Waals surface area contributed by atoms with Gasteiger partial charge in [-0.1, -0.05) is 123 Å². The van der Waals surface area contributed by atoms with Gasteiger partial charge in [-0.25, -0.2) is 8.42 Å². The van der Waals surface area contributed by atoms with Gasteiger partial charge >= 0.3 is 35.5 Å². The number of carbonyl (C=O) groups excluding carboxylic acids is 2. The van der Waals surface area contributed by atoms with Crippen LogP contribution in [0.25, 0.3) is 0 Å². The molecule has 0 saturated carbocycles. The number of esters is 1. The fraction of sp³-hybridized carbons (Fsp3) is 0.935. The maximum Gasteiger partial charge on any atom is 1.00 e. The first-order chi connectivity index (χ1) is 19.3. The minimum atomic E-state index is -4.48. The van der Waals surface area contributed by atoms with Gasteiger partial charge in [-0.05, 0) is 12.8 Å². The summed E-state index contributed by atoms with van der Waals surface area (Å²) in [7, 11) is 1.34. The Bertz CT molecular complexity index is 729. The number of quaternary nitrogens is 1. The van der Waals surface area contributed by atoms with Crippen LogP contribution >= 0.6 is 0 Å². The summed E-state index contributed by atoms with van der Waals surface area (Å²) in [5, 5.41) is 10.8. The van der Waals surface area contributed by atoms with Gasteiger partial charge in [0.15, 0.2) is 6.10 Å². The van der Waals surface area contributed by atoms with Gasteiger partial charge in [-0.2, -0.15) is 0 Å². The molecule has 0 spiro atoms. The van der Waals surface area contributed by atoms with Crippen molar-refractivity contribution in [3.8, 4) is 0 Å². The minimum Gasteiger partial charge on any atom is -0.726 e. The van der Waals surface area contributed by atoms with Crippen LogP contribution in [-0.4, -0.2) is 69.8 Å². The number of likely N-dealkylation sites (N-methyl/N-ethyl adjacent to an activating group) is 1. The van der Waals surface area contributed by atoms with Crippen molar-refractivity contribution in [2.45, 2.75) is 155 Å². The van der Waals surface area contributed by atoms with Crippen molar-refractivity contribution in [2.24, 2.45) is 0 Å². The van der Waals surface area contributed by atoms with Crippen LogP contribution < -0.4 is 34.7 Å². The van der Waals surface area contributed by atoms with Crippen molar-refractivity contribution in [2.75, 3.05) is 34.3 Å². The number of carboxylic acid groups (broad SMARTS) is 1. The summed E-state index contributed by atoms with van der Waals surface area (Å²) in [5.74, 6) is -1.47. The van der Waals surface area contributed by atoms with Gasteiger partial charge in [-0.15, -0.1) is 0 Å². The van der Waals surface area contributed by atoms with Crippen molar-refractivity contribution in [1.82, 2.24) is 0 Å². The number of carbonyl (C=O) groups is 2. The molecule has 0 aliphatic heterocycles. The zero-order valence-corrected chi connectivity index (χ0v) is 30.8. The van der Waals surface area contributed by atoms with Gasteiger partial charge in [0.25, 0.3) is 0 Å². The summed E-state index contributed by atoms with van der Waals surface area (Å²) in [6.07, 6.45) is 22.0. The van der Waals surface area contributed by atoms with Crippen LogP contribution in [0, 0.1) is 0 Å². The molecule has 0 aromatic heterocycles. The van der Waals surface area contributed by atoms with Crippen molar-refractivity contribution in [1.29, 1.82) is 0 Å². The summed E-state index contributed by atoms with van der Waals surface area (Å²) < 4.78 is 40.3. The number of hydrogen-bond donors (Lipinski definition) is 0. The van der Waals surface area contributed by atoms with Crippen LogP contribution in [0.1, 0.15) is 149 Å². The largest absolute Gasteiger partial charge is 1.00 e. The molecule has 0 fully saturated rings. The standard InChI is InChI=1S/C19H37NO4.C12H26O4S.Na/c1-5-6-7-8-9-10-11-12-13-14-19(23)24-17(15-18(21)22)16-20(2,3)4;1-2-3-4-5-6-7-8-9-10-11-12-16-17(13,14)15;/h17H,5-16H2,1-4H3;2-12H2,1H3,(H,13,14,15);/q;;+1/p-1. The molecule has 42 heavy (non-hydrogen) atoms. The SMILES string of the molecule is CCCCCCCCCCCC(=O)OC(CC(=O)[O-])C[N+](C)(C)C.CCCCCCCCCCCCOS(=O)(=O)[O-].[Na+]. The molecular weight excluding hydrogens is 569 g/mol. The molecule has 0 rings (SSSR count). The minimum absolute atomic E-state index is 0. The molecular formula is C31H62NNaO8S. The van der Waals surface area contributed by atoms with E-state index in [9.17, 15) is 27.7 Å². The predicted molar refractivity (Wildman–Crippen MR) is 162 cm³/mol. The number of hydrogen-bond acceptors (Lipinski definition) is 8. The molecule has 1 unspecified atom stereocenters. The molecule has 0 radical (unpaired) electrons. The maximum atomic E-state index is 11.9. The van der Waals surface area contributed by atoms with Crippen molar-refractivity contribution in [3.63, 3.8) is 0 Å². The van der Waals surface area contributed by atoms with E-state index >= 15 is 0 Å². The molecule has 0 N–H and O–H groups in total. The molecule has 246 valence electrons. The molecule has 0 aliphatic carbocycles. The second kappa shape index (κ2) is 30.8. The number of carboxylic acids is 1. The van der Waals surface area contributed by atoms with E-state index in [0.717, 1.165) is 32.1 Å². The van der Waals surface area contributed by atoms with Crippen LogP contribution in [0.3, 0.4) is 0 Å². The monoisotopic (exact) mass is 631 g/mol. The van der Waals surface area contributed by atoms with E-state index in [0.29, 0.717) is 23.9 Å². The molecule has 0 aliphatic rings. The second-order valence-electron chi connectivity index (χ2n) is 12.2. The fourth-order valence-corrected chi connectivity index (χ4v) is 4.84. The van der Waals surface area contributed by atoms with E-state index in [1.807, 2.05) is 21.1 Å². The Morgan fingerprint density at radius 2 is 1.07 bits per heavy atom. The van der Waals surface area contributed by atoms with Crippen molar-refractivity contribution in [3.05, 3.63) is 0 Å². The van der Waals surface area contributed by atoms with Crippen LogP contribution in [-0.2, 0) is 28.9 Å². The van der Waals surface area contributed by atoms with E-state index in [4.69, 9.17) is 4.74 Å².